The Morgan fingerprint density at radius 2 is 1.90 bits per heavy atom. The second-order valence-corrected chi connectivity index (χ2v) is 7.59. The van der Waals surface area contributed by atoms with Crippen LogP contribution in [0.25, 0.3) is 0 Å². The molecule has 20 heavy (non-hydrogen) atoms. The third-order valence-corrected chi connectivity index (χ3v) is 4.87. The largest absolute Gasteiger partial charge is 0.361 e. The molecule has 116 valence electrons. The van der Waals surface area contributed by atoms with E-state index in [1.807, 2.05) is 13.8 Å². The van der Waals surface area contributed by atoms with Crippen LogP contribution in [0, 0.1) is 5.92 Å². The zero-order chi connectivity index (χ0) is 15.1. The molecule has 2 fully saturated rings. The molecule has 0 aromatic heterocycles. The van der Waals surface area contributed by atoms with Crippen LogP contribution >= 0.6 is 0 Å². The first-order chi connectivity index (χ1) is 9.13. The number of Topliss-reactive ketones (excluding diaryl/α,β-unsaturated/α-hetero) is 1. The molecule has 0 N–H and O–H groups in total. The number of hydrogen-bond acceptors (Lipinski definition) is 4. The van der Waals surface area contributed by atoms with Crippen molar-refractivity contribution in [1.82, 2.24) is 9.80 Å². The van der Waals surface area contributed by atoms with Gasteiger partial charge in [-0.3, -0.25) is 9.69 Å². The van der Waals surface area contributed by atoms with Crippen molar-refractivity contribution in [3.63, 3.8) is 0 Å². The summed E-state index contributed by atoms with van der Waals surface area (Å²) in [4.78, 5) is 17.5. The monoisotopic (exact) mass is 282 g/mol. The number of nitrogens with zero attached hydrogens (tertiary/aromatic N) is 2. The average Bonchev–Trinajstić information content (AvgIpc) is 2.40. The van der Waals surface area contributed by atoms with Crippen molar-refractivity contribution in [2.75, 3.05) is 33.2 Å². The minimum absolute atomic E-state index is 0.0247. The first kappa shape index (κ1) is 15.9. The van der Waals surface area contributed by atoms with Gasteiger partial charge < -0.3 is 9.64 Å². The molecule has 4 nitrogen and oxygen atoms in total. The van der Waals surface area contributed by atoms with Crippen molar-refractivity contribution in [1.29, 1.82) is 0 Å². The average molecular weight is 282 g/mol. The fraction of sp³-hybridized carbons (Fsp3) is 0.938. The molecule has 2 unspecified atom stereocenters. The molecule has 0 saturated carbocycles. The Bertz CT molecular complexity index is 379. The van der Waals surface area contributed by atoms with Crippen LogP contribution in [0.1, 0.15) is 41.0 Å². The molecule has 2 saturated heterocycles. The molecule has 0 aliphatic carbocycles. The van der Waals surface area contributed by atoms with Crippen LogP contribution in [0.5, 0.6) is 0 Å². The summed E-state index contributed by atoms with van der Waals surface area (Å²) in [6, 6.07) is 0.495. The van der Waals surface area contributed by atoms with E-state index in [0.29, 0.717) is 6.04 Å². The van der Waals surface area contributed by atoms with Gasteiger partial charge in [0.05, 0.1) is 11.5 Å². The molecule has 0 radical (unpaired) electrons. The number of hydrogen-bond donors (Lipinski definition) is 0. The zero-order valence-corrected chi connectivity index (χ0v) is 13.9. The number of rotatable bonds is 2. The summed E-state index contributed by atoms with van der Waals surface area (Å²) in [5.41, 5.74) is -1.00. The van der Waals surface area contributed by atoms with Gasteiger partial charge in [0.25, 0.3) is 0 Å². The van der Waals surface area contributed by atoms with Crippen LogP contribution < -0.4 is 0 Å². The van der Waals surface area contributed by atoms with Crippen LogP contribution in [0.3, 0.4) is 0 Å². The van der Waals surface area contributed by atoms with Crippen molar-refractivity contribution in [2.45, 2.75) is 58.3 Å². The fourth-order valence-electron chi connectivity index (χ4n) is 3.74. The van der Waals surface area contributed by atoms with Crippen LogP contribution in [0.15, 0.2) is 0 Å². The zero-order valence-electron chi connectivity index (χ0n) is 13.9. The lowest BCUT2D eigenvalue weighted by Gasteiger charge is -2.33. The molecule has 0 bridgehead atoms. The van der Waals surface area contributed by atoms with E-state index in [9.17, 15) is 4.79 Å². The molecular weight excluding hydrogens is 252 g/mol. The Labute approximate surface area is 123 Å². The summed E-state index contributed by atoms with van der Waals surface area (Å²) in [6.45, 7) is 14.3. The second-order valence-electron chi connectivity index (χ2n) is 7.59. The maximum Gasteiger partial charge on any atom is 0.171 e. The van der Waals surface area contributed by atoms with Gasteiger partial charge in [-0.2, -0.15) is 0 Å². The molecular formula is C16H30N2O2. The summed E-state index contributed by atoms with van der Waals surface area (Å²) < 4.78 is 6.00. The summed E-state index contributed by atoms with van der Waals surface area (Å²) in [6.07, 6.45) is 1.17. The molecule has 0 spiro atoms. The molecule has 2 aliphatic rings. The Kier molecular flexibility index (Phi) is 4.30. The van der Waals surface area contributed by atoms with Gasteiger partial charge in [-0.1, -0.05) is 0 Å². The van der Waals surface area contributed by atoms with Gasteiger partial charge >= 0.3 is 0 Å². The van der Waals surface area contributed by atoms with Crippen molar-refractivity contribution >= 4 is 5.78 Å². The van der Waals surface area contributed by atoms with Crippen LogP contribution in [0.2, 0.25) is 0 Å². The molecule has 0 amide bonds. The second kappa shape index (κ2) is 5.39. The van der Waals surface area contributed by atoms with Gasteiger partial charge in [-0.05, 0) is 61.2 Å². The van der Waals surface area contributed by atoms with E-state index >= 15 is 0 Å². The minimum Gasteiger partial charge on any atom is -0.361 e. The molecule has 0 aromatic carbocycles. The highest BCUT2D eigenvalue weighted by atomic mass is 16.5. The van der Waals surface area contributed by atoms with E-state index < -0.39 is 5.60 Å². The molecule has 2 atom stereocenters. The van der Waals surface area contributed by atoms with E-state index in [1.165, 1.54) is 6.42 Å². The Balaban J connectivity index is 2.10. The third kappa shape index (κ3) is 3.07. The maximum atomic E-state index is 12.6. The highest BCUT2D eigenvalue weighted by Gasteiger charge is 2.53. The van der Waals surface area contributed by atoms with Gasteiger partial charge in [0.1, 0.15) is 5.60 Å². The SMILES string of the molecule is CC1CN(C)CCCN1CC1C(=O)C(C)(C)OC1(C)C. The van der Waals surface area contributed by atoms with Crippen molar-refractivity contribution in [3.8, 4) is 0 Å². The molecule has 4 heteroatoms. The summed E-state index contributed by atoms with van der Waals surface area (Å²) >= 11 is 0. The minimum atomic E-state index is -0.639. The van der Waals surface area contributed by atoms with E-state index in [0.717, 1.165) is 26.2 Å². The molecule has 2 heterocycles. The smallest absolute Gasteiger partial charge is 0.171 e. The normalized spacial score (nSPS) is 35.2. The predicted octanol–water partition coefficient (Wildman–Crippen LogP) is 1.79. The Hall–Kier alpha value is -0.450. The number of ether oxygens (including phenoxy) is 1. The molecule has 0 aromatic rings. The van der Waals surface area contributed by atoms with Crippen molar-refractivity contribution in [2.24, 2.45) is 5.92 Å². The van der Waals surface area contributed by atoms with Crippen molar-refractivity contribution < 1.29 is 9.53 Å². The van der Waals surface area contributed by atoms with Crippen LogP contribution in [0.4, 0.5) is 0 Å². The third-order valence-electron chi connectivity index (χ3n) is 4.87. The first-order valence-corrected chi connectivity index (χ1v) is 7.80. The Morgan fingerprint density at radius 1 is 1.25 bits per heavy atom. The van der Waals surface area contributed by atoms with Gasteiger partial charge in [0.15, 0.2) is 5.78 Å². The summed E-state index contributed by atoms with van der Waals surface area (Å²) in [5.74, 6) is 0.232. The molecule has 2 rings (SSSR count). The topological polar surface area (TPSA) is 32.8 Å². The van der Waals surface area contributed by atoms with Crippen LogP contribution in [-0.4, -0.2) is 66.1 Å². The van der Waals surface area contributed by atoms with Gasteiger partial charge in [0, 0.05) is 19.1 Å². The lowest BCUT2D eigenvalue weighted by Crippen LogP contribution is -2.46. The summed E-state index contributed by atoms with van der Waals surface area (Å²) in [7, 11) is 2.18. The first-order valence-electron chi connectivity index (χ1n) is 7.80. The Morgan fingerprint density at radius 3 is 2.45 bits per heavy atom. The van der Waals surface area contributed by atoms with Gasteiger partial charge in [-0.15, -0.1) is 0 Å². The number of likely N-dealkylation sites (N-methyl/N-ethyl adjacent to an activating group) is 1. The van der Waals surface area contributed by atoms with E-state index in [4.69, 9.17) is 4.74 Å². The number of ketones is 1. The maximum absolute atomic E-state index is 12.6. The lowest BCUT2D eigenvalue weighted by atomic mass is 9.85. The quantitative estimate of drug-likeness (QED) is 0.773. The number of carbonyl (C=O) groups is 1. The lowest BCUT2D eigenvalue weighted by molar-refractivity contribution is -0.132. The highest BCUT2D eigenvalue weighted by molar-refractivity contribution is 5.91. The van der Waals surface area contributed by atoms with E-state index in [1.54, 1.807) is 0 Å². The summed E-state index contributed by atoms with van der Waals surface area (Å²) in [5, 5.41) is 0. The van der Waals surface area contributed by atoms with Crippen LogP contribution in [-0.2, 0) is 9.53 Å². The number of carbonyl (C=O) groups excluding carboxylic acids is 1. The molecule has 2 aliphatic heterocycles. The highest BCUT2D eigenvalue weighted by Crippen LogP contribution is 2.39. The predicted molar refractivity (Wildman–Crippen MR) is 80.9 cm³/mol. The van der Waals surface area contributed by atoms with Gasteiger partial charge in [-0.25, -0.2) is 0 Å². The van der Waals surface area contributed by atoms with E-state index in [2.05, 4.69) is 37.6 Å². The van der Waals surface area contributed by atoms with Gasteiger partial charge in [0.2, 0.25) is 0 Å². The van der Waals surface area contributed by atoms with E-state index in [-0.39, 0.29) is 17.3 Å². The standard InChI is InChI=1S/C16H30N2O2/c1-12-10-17(6)8-7-9-18(12)11-13-14(19)16(4,5)20-15(13,2)3/h12-13H,7-11H2,1-6H3. The van der Waals surface area contributed by atoms with Crippen molar-refractivity contribution in [3.05, 3.63) is 0 Å². The fourth-order valence-corrected chi connectivity index (χ4v) is 3.74.